The summed E-state index contributed by atoms with van der Waals surface area (Å²) in [6, 6.07) is 6.28. The zero-order valence-corrected chi connectivity index (χ0v) is 13.3. The van der Waals surface area contributed by atoms with Crippen molar-refractivity contribution in [2.45, 2.75) is 25.2 Å². The Balaban J connectivity index is 1.95. The van der Waals surface area contributed by atoms with Crippen molar-refractivity contribution >= 4 is 23.4 Å². The number of nitrogens with one attached hydrogen (secondary N) is 1. The maximum Gasteiger partial charge on any atom is 0.433 e. The number of halogens is 3. The van der Waals surface area contributed by atoms with Crippen LogP contribution in [0.15, 0.2) is 35.6 Å². The molecule has 0 bridgehead atoms. The van der Waals surface area contributed by atoms with Crippen molar-refractivity contribution in [3.8, 4) is 0 Å². The summed E-state index contributed by atoms with van der Waals surface area (Å²) in [5.74, 6) is -0.409. The molecule has 0 saturated heterocycles. The first-order valence-corrected chi connectivity index (χ1v) is 7.64. The van der Waals surface area contributed by atoms with Crippen molar-refractivity contribution < 1.29 is 18.0 Å². The van der Waals surface area contributed by atoms with E-state index in [1.807, 2.05) is 26.0 Å². The Kier molecular flexibility index (Phi) is 5.25. The Bertz CT molecular complexity index is 719. The second-order valence-electron chi connectivity index (χ2n) is 4.86. The van der Waals surface area contributed by atoms with Gasteiger partial charge in [-0.3, -0.25) is 4.79 Å². The average Bonchev–Trinajstić information content (AvgIpc) is 2.48. The maximum absolute atomic E-state index is 12.5. The van der Waals surface area contributed by atoms with E-state index in [1.54, 1.807) is 6.07 Å². The van der Waals surface area contributed by atoms with Crippen LogP contribution in [0.3, 0.4) is 0 Å². The summed E-state index contributed by atoms with van der Waals surface area (Å²) in [7, 11) is 0. The monoisotopic (exact) mass is 341 g/mol. The van der Waals surface area contributed by atoms with Gasteiger partial charge in [-0.15, -0.1) is 0 Å². The molecule has 4 nitrogen and oxygen atoms in total. The molecule has 1 aromatic carbocycles. The summed E-state index contributed by atoms with van der Waals surface area (Å²) in [4.78, 5) is 19.0. The summed E-state index contributed by atoms with van der Waals surface area (Å²) in [5.41, 5.74) is 1.76. The molecule has 0 spiro atoms. The minimum absolute atomic E-state index is 0.0752. The highest BCUT2D eigenvalue weighted by Crippen LogP contribution is 2.28. The third-order valence-electron chi connectivity index (χ3n) is 3.05. The summed E-state index contributed by atoms with van der Waals surface area (Å²) in [5, 5.41) is 2.60. The van der Waals surface area contributed by atoms with Gasteiger partial charge in [-0.1, -0.05) is 17.8 Å². The molecule has 0 aliphatic rings. The second-order valence-corrected chi connectivity index (χ2v) is 5.80. The molecule has 8 heteroatoms. The zero-order chi connectivity index (χ0) is 17.0. The fraction of sp³-hybridized carbons (Fsp3) is 0.267. The lowest BCUT2D eigenvalue weighted by Gasteiger charge is -2.08. The highest BCUT2D eigenvalue weighted by Gasteiger charge is 2.32. The molecule has 2 rings (SSSR count). The first-order valence-electron chi connectivity index (χ1n) is 6.66. The lowest BCUT2D eigenvalue weighted by molar-refractivity contribution is -0.141. The quantitative estimate of drug-likeness (QED) is 0.678. The predicted octanol–water partition coefficient (Wildman–Crippen LogP) is 3.84. The Labute approximate surface area is 135 Å². The minimum Gasteiger partial charge on any atom is -0.325 e. The molecule has 1 amide bonds. The van der Waals surface area contributed by atoms with Crippen LogP contribution < -0.4 is 5.32 Å². The van der Waals surface area contributed by atoms with Gasteiger partial charge < -0.3 is 5.32 Å². The standard InChI is InChI=1S/C15H14F3N3OS/c1-9-3-4-11(7-10(9)2)20-13(22)8-23-14-19-6-5-12(21-14)15(16,17)18/h3-7H,8H2,1-2H3,(H,20,22). The van der Waals surface area contributed by atoms with E-state index < -0.39 is 11.9 Å². The van der Waals surface area contributed by atoms with Crippen molar-refractivity contribution in [3.05, 3.63) is 47.3 Å². The molecule has 0 fully saturated rings. The highest BCUT2D eigenvalue weighted by atomic mass is 32.2. The Morgan fingerprint density at radius 2 is 1.96 bits per heavy atom. The number of rotatable bonds is 4. The first-order chi connectivity index (χ1) is 10.8. The SMILES string of the molecule is Cc1ccc(NC(=O)CSc2nccc(C(F)(F)F)n2)cc1C. The number of carbonyl (C=O) groups excluding carboxylic acids is 1. The molecular weight excluding hydrogens is 327 g/mol. The lowest BCUT2D eigenvalue weighted by atomic mass is 10.1. The largest absolute Gasteiger partial charge is 0.433 e. The van der Waals surface area contributed by atoms with E-state index in [9.17, 15) is 18.0 Å². The summed E-state index contributed by atoms with van der Waals surface area (Å²) in [6.45, 7) is 3.89. The molecule has 0 aliphatic carbocycles. The molecule has 0 radical (unpaired) electrons. The maximum atomic E-state index is 12.5. The van der Waals surface area contributed by atoms with E-state index in [-0.39, 0.29) is 16.8 Å². The average molecular weight is 341 g/mol. The Morgan fingerprint density at radius 3 is 2.61 bits per heavy atom. The number of anilines is 1. The van der Waals surface area contributed by atoms with E-state index in [2.05, 4.69) is 15.3 Å². The number of aromatic nitrogens is 2. The number of hydrogen-bond acceptors (Lipinski definition) is 4. The van der Waals surface area contributed by atoms with Gasteiger partial charge in [0.1, 0.15) is 5.69 Å². The molecule has 0 unspecified atom stereocenters. The molecule has 1 N–H and O–H groups in total. The van der Waals surface area contributed by atoms with Crippen LogP contribution >= 0.6 is 11.8 Å². The summed E-state index contributed by atoms with van der Waals surface area (Å²) in [6.07, 6.45) is -3.50. The molecule has 1 aromatic heterocycles. The van der Waals surface area contributed by atoms with Gasteiger partial charge in [0.2, 0.25) is 5.91 Å². The topological polar surface area (TPSA) is 54.9 Å². The van der Waals surface area contributed by atoms with Crippen LogP contribution in [0.25, 0.3) is 0 Å². The fourth-order valence-electron chi connectivity index (χ4n) is 1.71. The van der Waals surface area contributed by atoms with Gasteiger partial charge >= 0.3 is 6.18 Å². The van der Waals surface area contributed by atoms with Crippen LogP contribution in [0.1, 0.15) is 16.8 Å². The number of alkyl halides is 3. The molecule has 0 aliphatic heterocycles. The van der Waals surface area contributed by atoms with Crippen LogP contribution in [0.4, 0.5) is 18.9 Å². The van der Waals surface area contributed by atoms with E-state index in [1.165, 1.54) is 0 Å². The molecule has 0 saturated carbocycles. The normalized spacial score (nSPS) is 11.3. The van der Waals surface area contributed by atoms with Gasteiger partial charge in [-0.2, -0.15) is 13.2 Å². The number of hydrogen-bond donors (Lipinski definition) is 1. The van der Waals surface area contributed by atoms with E-state index in [4.69, 9.17) is 0 Å². The number of nitrogens with zero attached hydrogens (tertiary/aromatic N) is 2. The molecule has 0 atom stereocenters. The summed E-state index contributed by atoms with van der Waals surface area (Å²) < 4.78 is 37.6. The number of carbonyl (C=O) groups is 1. The van der Waals surface area contributed by atoms with Gasteiger partial charge in [0.15, 0.2) is 5.16 Å². The predicted molar refractivity (Wildman–Crippen MR) is 82.3 cm³/mol. The van der Waals surface area contributed by atoms with E-state index in [0.717, 1.165) is 35.2 Å². The lowest BCUT2D eigenvalue weighted by Crippen LogP contribution is -2.15. The number of aryl methyl sites for hydroxylation is 2. The summed E-state index contributed by atoms with van der Waals surface area (Å²) >= 11 is 0.851. The van der Waals surface area contributed by atoms with Crippen LogP contribution in [0, 0.1) is 13.8 Å². The number of thioether (sulfide) groups is 1. The van der Waals surface area contributed by atoms with Crippen LogP contribution in [0.2, 0.25) is 0 Å². The van der Waals surface area contributed by atoms with Gasteiger partial charge in [0, 0.05) is 11.9 Å². The van der Waals surface area contributed by atoms with Crippen molar-refractivity contribution in [3.63, 3.8) is 0 Å². The second kappa shape index (κ2) is 6.99. The molecule has 1 heterocycles. The Hall–Kier alpha value is -2.09. The highest BCUT2D eigenvalue weighted by molar-refractivity contribution is 7.99. The zero-order valence-electron chi connectivity index (χ0n) is 12.4. The third-order valence-corrected chi connectivity index (χ3v) is 3.91. The van der Waals surface area contributed by atoms with Crippen LogP contribution in [-0.4, -0.2) is 21.6 Å². The molecule has 23 heavy (non-hydrogen) atoms. The fourth-order valence-corrected chi connectivity index (χ4v) is 2.35. The van der Waals surface area contributed by atoms with Gasteiger partial charge in [-0.25, -0.2) is 9.97 Å². The van der Waals surface area contributed by atoms with Crippen molar-refractivity contribution in [2.75, 3.05) is 11.1 Å². The smallest absolute Gasteiger partial charge is 0.325 e. The van der Waals surface area contributed by atoms with Crippen LogP contribution in [0.5, 0.6) is 0 Å². The van der Waals surface area contributed by atoms with Gasteiger partial charge in [0.05, 0.1) is 5.75 Å². The number of benzene rings is 1. The van der Waals surface area contributed by atoms with Crippen LogP contribution in [-0.2, 0) is 11.0 Å². The Morgan fingerprint density at radius 1 is 1.22 bits per heavy atom. The number of amides is 1. The molecular formula is C15H14F3N3OS. The molecule has 2 aromatic rings. The van der Waals surface area contributed by atoms with Gasteiger partial charge in [-0.05, 0) is 43.2 Å². The molecule has 122 valence electrons. The van der Waals surface area contributed by atoms with Crippen molar-refractivity contribution in [1.82, 2.24) is 9.97 Å². The van der Waals surface area contributed by atoms with E-state index >= 15 is 0 Å². The third kappa shape index (κ3) is 4.95. The van der Waals surface area contributed by atoms with Crippen molar-refractivity contribution in [1.29, 1.82) is 0 Å². The van der Waals surface area contributed by atoms with E-state index in [0.29, 0.717) is 5.69 Å². The first kappa shape index (κ1) is 17.3. The van der Waals surface area contributed by atoms with Gasteiger partial charge in [0.25, 0.3) is 0 Å². The minimum atomic E-state index is -4.53. The van der Waals surface area contributed by atoms with Crippen molar-refractivity contribution in [2.24, 2.45) is 0 Å².